The molecule has 2 N–H and O–H groups in total. The van der Waals surface area contributed by atoms with E-state index >= 15 is 0 Å². The van der Waals surface area contributed by atoms with Crippen LogP contribution in [-0.4, -0.2) is 31.3 Å². The Balaban J connectivity index is 1.88. The maximum Gasteiger partial charge on any atom is 0.319 e. The maximum absolute atomic E-state index is 11.5. The number of nitrogens with two attached hydrogens (primary N) is 1. The maximum atomic E-state index is 11.5. The number of hydrogen-bond donors (Lipinski definition) is 1. The normalized spacial score (nSPS) is 10.0. The van der Waals surface area contributed by atoms with Crippen LogP contribution in [0.2, 0.25) is 0 Å². The van der Waals surface area contributed by atoms with E-state index in [0.717, 1.165) is 0 Å². The summed E-state index contributed by atoms with van der Waals surface area (Å²) in [6.45, 7) is 0.903. The summed E-state index contributed by atoms with van der Waals surface area (Å²) < 4.78 is 10.9. The Morgan fingerprint density at radius 1 is 1.23 bits per heavy atom. The number of nitrogens with zero attached hydrogens (tertiary/aromatic N) is 2. The lowest BCUT2D eigenvalue weighted by Crippen LogP contribution is -2.37. The summed E-state index contributed by atoms with van der Waals surface area (Å²) in [5, 5.41) is 0. The number of benzene rings is 1. The van der Waals surface area contributed by atoms with Gasteiger partial charge in [-0.15, -0.1) is 0 Å². The molecule has 0 fully saturated rings. The molecule has 2 rings (SSSR count). The molecule has 116 valence electrons. The van der Waals surface area contributed by atoms with Gasteiger partial charge in [0.05, 0.1) is 25.6 Å². The van der Waals surface area contributed by atoms with Crippen LogP contribution in [0.4, 0.5) is 10.5 Å². The highest BCUT2D eigenvalue weighted by molar-refractivity contribution is 5.90. The van der Waals surface area contributed by atoms with E-state index < -0.39 is 6.03 Å². The number of carbonyl (C=O) groups excluding carboxylic acids is 1. The molecule has 1 heterocycles. The molecule has 0 aliphatic carbocycles. The number of primary amides is 1. The Hall–Kier alpha value is -2.76. The van der Waals surface area contributed by atoms with E-state index in [4.69, 9.17) is 15.2 Å². The van der Waals surface area contributed by atoms with Crippen LogP contribution in [0.25, 0.3) is 0 Å². The second-order valence-corrected chi connectivity index (χ2v) is 4.55. The van der Waals surface area contributed by atoms with Gasteiger partial charge in [-0.25, -0.2) is 4.79 Å². The van der Waals surface area contributed by atoms with E-state index in [1.807, 2.05) is 24.3 Å². The van der Waals surface area contributed by atoms with E-state index in [0.29, 0.717) is 36.8 Å². The van der Waals surface area contributed by atoms with Gasteiger partial charge >= 0.3 is 6.03 Å². The zero-order valence-electron chi connectivity index (χ0n) is 12.4. The fourth-order valence-corrected chi connectivity index (χ4v) is 2.02. The molecule has 0 radical (unpaired) electrons. The summed E-state index contributed by atoms with van der Waals surface area (Å²) in [5.74, 6) is 1.36. The molecule has 6 heteroatoms. The van der Waals surface area contributed by atoms with Crippen LogP contribution < -0.4 is 20.1 Å². The van der Waals surface area contributed by atoms with Crippen LogP contribution in [0, 0.1) is 0 Å². The van der Waals surface area contributed by atoms with Crippen molar-refractivity contribution in [3.63, 3.8) is 0 Å². The smallest absolute Gasteiger partial charge is 0.319 e. The summed E-state index contributed by atoms with van der Waals surface area (Å²) in [7, 11) is 1.60. The Labute approximate surface area is 129 Å². The Morgan fingerprint density at radius 3 is 2.64 bits per heavy atom. The molecule has 6 nitrogen and oxygen atoms in total. The van der Waals surface area contributed by atoms with Gasteiger partial charge in [0, 0.05) is 12.7 Å². The first kappa shape index (κ1) is 15.6. The number of anilines is 1. The summed E-state index contributed by atoms with van der Waals surface area (Å²) in [6, 6.07) is 10.5. The van der Waals surface area contributed by atoms with E-state index in [-0.39, 0.29) is 0 Å². The largest absolute Gasteiger partial charge is 0.493 e. The quantitative estimate of drug-likeness (QED) is 0.797. The van der Waals surface area contributed by atoms with Crippen molar-refractivity contribution in [2.45, 2.75) is 6.42 Å². The molecule has 0 bridgehead atoms. The lowest BCUT2D eigenvalue weighted by atomic mass is 10.3. The zero-order chi connectivity index (χ0) is 15.8. The van der Waals surface area contributed by atoms with E-state index in [9.17, 15) is 4.79 Å². The number of ether oxygens (including phenoxy) is 2. The fourth-order valence-electron chi connectivity index (χ4n) is 2.02. The first-order valence-electron chi connectivity index (χ1n) is 6.95. The molecule has 0 unspecified atom stereocenters. The van der Waals surface area contributed by atoms with Crippen LogP contribution in [0.15, 0.2) is 48.8 Å². The number of aromatic nitrogens is 1. The number of rotatable bonds is 7. The Morgan fingerprint density at radius 2 is 2.00 bits per heavy atom. The van der Waals surface area contributed by atoms with Crippen molar-refractivity contribution in [3.05, 3.63) is 48.8 Å². The topological polar surface area (TPSA) is 77.7 Å². The molecule has 0 aliphatic rings. The van der Waals surface area contributed by atoms with Crippen molar-refractivity contribution in [3.8, 4) is 11.5 Å². The van der Waals surface area contributed by atoms with Gasteiger partial charge in [0.25, 0.3) is 0 Å². The highest BCUT2D eigenvalue weighted by Gasteiger charge is 2.12. The molecule has 0 saturated heterocycles. The molecule has 0 aliphatic heterocycles. The predicted octanol–water partition coefficient (Wildman–Crippen LogP) is 2.44. The van der Waals surface area contributed by atoms with Gasteiger partial charge < -0.3 is 15.2 Å². The minimum absolute atomic E-state index is 0.449. The monoisotopic (exact) mass is 301 g/mol. The minimum atomic E-state index is -0.509. The van der Waals surface area contributed by atoms with Crippen LogP contribution in [0.1, 0.15) is 6.42 Å². The van der Waals surface area contributed by atoms with Crippen molar-refractivity contribution < 1.29 is 14.3 Å². The Bertz CT molecular complexity index is 605. The second-order valence-electron chi connectivity index (χ2n) is 4.55. The van der Waals surface area contributed by atoms with E-state index in [1.54, 1.807) is 31.6 Å². The van der Waals surface area contributed by atoms with Gasteiger partial charge in [-0.2, -0.15) is 0 Å². The molecule has 1 aromatic carbocycles. The first-order valence-corrected chi connectivity index (χ1v) is 6.95. The first-order chi connectivity index (χ1) is 10.7. The van der Waals surface area contributed by atoms with Crippen LogP contribution in [-0.2, 0) is 0 Å². The number of hydrogen-bond acceptors (Lipinski definition) is 4. The van der Waals surface area contributed by atoms with Crippen molar-refractivity contribution in [1.82, 2.24) is 4.98 Å². The van der Waals surface area contributed by atoms with Gasteiger partial charge in [-0.3, -0.25) is 9.88 Å². The third-order valence-corrected chi connectivity index (χ3v) is 3.08. The molecule has 0 spiro atoms. The highest BCUT2D eigenvalue weighted by Crippen LogP contribution is 2.25. The van der Waals surface area contributed by atoms with Crippen LogP contribution >= 0.6 is 0 Å². The summed E-state index contributed by atoms with van der Waals surface area (Å²) in [5.41, 5.74) is 6.08. The minimum Gasteiger partial charge on any atom is -0.493 e. The van der Waals surface area contributed by atoms with Gasteiger partial charge in [0.2, 0.25) is 0 Å². The number of urea groups is 1. The molecule has 2 aromatic rings. The fraction of sp³-hybridized carbons (Fsp3) is 0.250. The molecule has 2 amide bonds. The average molecular weight is 301 g/mol. The number of pyridine rings is 1. The van der Waals surface area contributed by atoms with E-state index in [2.05, 4.69) is 4.98 Å². The number of para-hydroxylation sites is 2. The SMILES string of the molecule is COc1ccccc1OCCCN(C(N)=O)c1cccnc1. The lowest BCUT2D eigenvalue weighted by Gasteiger charge is -2.20. The summed E-state index contributed by atoms with van der Waals surface area (Å²) >= 11 is 0. The molecular weight excluding hydrogens is 282 g/mol. The number of methoxy groups -OCH3 is 1. The van der Waals surface area contributed by atoms with Crippen molar-refractivity contribution in [2.75, 3.05) is 25.2 Å². The second kappa shape index (κ2) is 7.87. The zero-order valence-corrected chi connectivity index (χ0v) is 12.4. The molecule has 0 saturated carbocycles. The Kier molecular flexibility index (Phi) is 5.59. The average Bonchev–Trinajstić information content (AvgIpc) is 2.55. The van der Waals surface area contributed by atoms with Gasteiger partial charge in [0.1, 0.15) is 0 Å². The van der Waals surface area contributed by atoms with Crippen LogP contribution in [0.3, 0.4) is 0 Å². The third-order valence-electron chi connectivity index (χ3n) is 3.08. The highest BCUT2D eigenvalue weighted by atomic mass is 16.5. The van der Waals surface area contributed by atoms with Crippen molar-refractivity contribution in [1.29, 1.82) is 0 Å². The summed E-state index contributed by atoms with van der Waals surface area (Å²) in [4.78, 5) is 17.0. The van der Waals surface area contributed by atoms with Crippen molar-refractivity contribution in [2.24, 2.45) is 5.73 Å². The number of carbonyl (C=O) groups is 1. The lowest BCUT2D eigenvalue weighted by molar-refractivity contribution is 0.252. The van der Waals surface area contributed by atoms with Crippen molar-refractivity contribution >= 4 is 11.7 Å². The van der Waals surface area contributed by atoms with Gasteiger partial charge in [-0.05, 0) is 30.7 Å². The van der Waals surface area contributed by atoms with Gasteiger partial charge in [0.15, 0.2) is 11.5 Å². The molecule has 0 atom stereocenters. The standard InChI is InChI=1S/C16H19N3O3/c1-21-14-7-2-3-8-15(14)22-11-5-10-19(16(17)20)13-6-4-9-18-12-13/h2-4,6-9,12H,5,10-11H2,1H3,(H2,17,20). The van der Waals surface area contributed by atoms with E-state index in [1.165, 1.54) is 4.90 Å². The number of amides is 2. The molecule has 22 heavy (non-hydrogen) atoms. The molecule has 1 aromatic heterocycles. The van der Waals surface area contributed by atoms with Gasteiger partial charge in [-0.1, -0.05) is 12.1 Å². The summed E-state index contributed by atoms with van der Waals surface area (Å²) in [6.07, 6.45) is 3.88. The van der Waals surface area contributed by atoms with Crippen LogP contribution in [0.5, 0.6) is 11.5 Å². The predicted molar refractivity (Wildman–Crippen MR) is 84.3 cm³/mol. The third kappa shape index (κ3) is 4.12. The molecular formula is C16H19N3O3.